The lowest BCUT2D eigenvalue weighted by molar-refractivity contribution is -0.114. The van der Waals surface area contributed by atoms with Crippen LogP contribution in [-0.2, 0) is 14.6 Å². The molecule has 0 aromatic rings. The molecule has 0 spiro atoms. The molecule has 4 rings (SSSR count). The second kappa shape index (κ2) is 9.27. The van der Waals surface area contributed by atoms with Crippen LogP contribution in [0.1, 0.15) is 106 Å². The fourth-order valence-corrected chi connectivity index (χ4v) is 10.2. The largest absolute Gasteiger partial charge is 0.397 e. The average Bonchev–Trinajstić information content (AvgIpc) is 3.03. The van der Waals surface area contributed by atoms with Gasteiger partial charge in [0.25, 0.3) is 0 Å². The van der Waals surface area contributed by atoms with Crippen LogP contribution in [0.25, 0.3) is 0 Å². The molecule has 0 bridgehead atoms. The highest BCUT2D eigenvalue weighted by Gasteiger charge is 2.64. The average molecular weight is 507 g/mol. The van der Waals surface area contributed by atoms with Gasteiger partial charge >= 0.3 is 10.4 Å². The minimum atomic E-state index is -4.40. The second-order valence-corrected chi connectivity index (χ2v) is 14.9. The zero-order valence-corrected chi connectivity index (χ0v) is 24.1. The lowest BCUT2D eigenvalue weighted by atomic mass is 9.42. The van der Waals surface area contributed by atoms with Crippen molar-refractivity contribution in [2.24, 2.45) is 51.8 Å². The van der Waals surface area contributed by atoms with E-state index in [9.17, 15) is 13.0 Å². The molecule has 0 radical (unpaired) electrons. The highest BCUT2D eigenvalue weighted by molar-refractivity contribution is 7.80. The Kier molecular flexibility index (Phi) is 7.26. The van der Waals surface area contributed by atoms with E-state index >= 15 is 0 Å². The minimum Gasteiger partial charge on any atom is -0.264 e. The molecule has 3 fully saturated rings. The molecule has 0 saturated heterocycles. The third kappa shape index (κ3) is 4.61. The number of fused-ring (bicyclic) bond motifs is 5. The van der Waals surface area contributed by atoms with Gasteiger partial charge in [-0.2, -0.15) is 8.42 Å². The quantitative estimate of drug-likeness (QED) is 0.280. The van der Waals surface area contributed by atoms with Gasteiger partial charge in [-0.15, -0.1) is 0 Å². The minimum absolute atomic E-state index is 0.126. The molecule has 35 heavy (non-hydrogen) atoms. The summed E-state index contributed by atoms with van der Waals surface area (Å²) in [7, 11) is -4.40. The van der Waals surface area contributed by atoms with Gasteiger partial charge in [0.1, 0.15) is 0 Å². The first kappa shape index (κ1) is 27.4. The monoisotopic (exact) mass is 506 g/mol. The summed E-state index contributed by atoms with van der Waals surface area (Å²) in [6.07, 6.45) is 11.9. The van der Waals surface area contributed by atoms with Crippen LogP contribution in [0.2, 0.25) is 0 Å². The van der Waals surface area contributed by atoms with Crippen LogP contribution in [-0.4, -0.2) is 19.1 Å². The van der Waals surface area contributed by atoms with E-state index in [2.05, 4.69) is 61.1 Å². The predicted octanol–water partition coefficient (Wildman–Crippen LogP) is 8.02. The van der Waals surface area contributed by atoms with Crippen molar-refractivity contribution in [2.75, 3.05) is 0 Å². The van der Waals surface area contributed by atoms with Crippen molar-refractivity contribution in [2.45, 2.75) is 112 Å². The zero-order chi connectivity index (χ0) is 26.0. The third-order valence-electron chi connectivity index (χ3n) is 12.3. The van der Waals surface area contributed by atoms with Gasteiger partial charge in [-0.3, -0.25) is 4.55 Å². The smallest absolute Gasteiger partial charge is 0.264 e. The van der Waals surface area contributed by atoms with Crippen molar-refractivity contribution >= 4 is 10.4 Å². The Morgan fingerprint density at radius 3 is 2.37 bits per heavy atom. The van der Waals surface area contributed by atoms with Crippen molar-refractivity contribution in [1.29, 1.82) is 0 Å². The van der Waals surface area contributed by atoms with Gasteiger partial charge in [-0.1, -0.05) is 65.3 Å². The number of rotatable bonds is 7. The summed E-state index contributed by atoms with van der Waals surface area (Å²) in [5.74, 6) is 4.12. The lowest BCUT2D eigenvalue weighted by Gasteiger charge is -2.63. The van der Waals surface area contributed by atoms with Crippen LogP contribution < -0.4 is 0 Å². The van der Waals surface area contributed by atoms with Crippen molar-refractivity contribution in [3.63, 3.8) is 0 Å². The van der Waals surface area contributed by atoms with Gasteiger partial charge in [0.15, 0.2) is 0 Å². The molecule has 0 aromatic heterocycles. The summed E-state index contributed by atoms with van der Waals surface area (Å²) >= 11 is 0. The van der Waals surface area contributed by atoms with Crippen molar-refractivity contribution in [1.82, 2.24) is 0 Å². The van der Waals surface area contributed by atoms with Crippen molar-refractivity contribution in [3.05, 3.63) is 23.8 Å². The third-order valence-corrected chi connectivity index (χ3v) is 12.8. The first-order valence-corrected chi connectivity index (χ1v) is 15.5. The Balaban J connectivity index is 1.54. The molecule has 200 valence electrons. The van der Waals surface area contributed by atoms with Gasteiger partial charge in [0, 0.05) is 0 Å². The van der Waals surface area contributed by atoms with Crippen LogP contribution in [0.15, 0.2) is 23.8 Å². The first-order valence-electron chi connectivity index (χ1n) is 14.1. The van der Waals surface area contributed by atoms with Crippen molar-refractivity contribution in [3.8, 4) is 0 Å². The fraction of sp³-hybridized carbons (Fsp3) is 0.867. The molecule has 4 aliphatic rings. The summed E-state index contributed by atoms with van der Waals surface area (Å²) in [6, 6.07) is 0. The maximum absolute atomic E-state index is 11.3. The highest BCUT2D eigenvalue weighted by Crippen LogP contribution is 2.72. The predicted molar refractivity (Wildman–Crippen MR) is 143 cm³/mol. The fourth-order valence-electron chi connectivity index (χ4n) is 9.67. The summed E-state index contributed by atoms with van der Waals surface area (Å²) in [4.78, 5) is 0. The molecule has 4 aliphatic carbocycles. The number of hydrogen-bond acceptors (Lipinski definition) is 3. The molecule has 0 aromatic carbocycles. The Hall–Kier alpha value is -0.650. The van der Waals surface area contributed by atoms with E-state index in [0.717, 1.165) is 24.7 Å². The SMILES string of the molecule is C=C(C)C(C)C(C)CC(C)C1CCC2(C)C3CC=C4CC(OS(=O)(=O)O)CCC4(C)C3CCC12C. The molecule has 4 nitrogen and oxygen atoms in total. The van der Waals surface area contributed by atoms with E-state index < -0.39 is 16.5 Å². The van der Waals surface area contributed by atoms with E-state index in [0.29, 0.717) is 47.3 Å². The molecular formula is C30H50O4S. The van der Waals surface area contributed by atoms with E-state index in [1.54, 1.807) is 0 Å². The van der Waals surface area contributed by atoms with E-state index in [1.165, 1.54) is 43.3 Å². The summed E-state index contributed by atoms with van der Waals surface area (Å²) in [5.41, 5.74) is 3.54. The molecular weight excluding hydrogens is 456 g/mol. The Labute approximate surface area is 215 Å². The van der Waals surface area contributed by atoms with Gasteiger partial charge < -0.3 is 0 Å². The maximum Gasteiger partial charge on any atom is 0.397 e. The Morgan fingerprint density at radius 1 is 1.09 bits per heavy atom. The van der Waals surface area contributed by atoms with Gasteiger partial charge in [0.2, 0.25) is 0 Å². The molecule has 3 saturated carbocycles. The van der Waals surface area contributed by atoms with Crippen LogP contribution in [0.5, 0.6) is 0 Å². The molecule has 10 unspecified atom stereocenters. The summed E-state index contributed by atoms with van der Waals surface area (Å²) in [6.45, 7) is 21.4. The maximum atomic E-state index is 11.3. The molecule has 10 atom stereocenters. The molecule has 1 N–H and O–H groups in total. The highest BCUT2D eigenvalue weighted by atomic mass is 32.3. The molecule has 0 heterocycles. The van der Waals surface area contributed by atoms with Crippen LogP contribution in [0, 0.1) is 51.8 Å². The van der Waals surface area contributed by atoms with Gasteiger partial charge in [0.05, 0.1) is 6.10 Å². The lowest BCUT2D eigenvalue weighted by Crippen LogP contribution is -2.55. The van der Waals surface area contributed by atoms with Crippen LogP contribution >= 0.6 is 0 Å². The number of hydrogen-bond donors (Lipinski definition) is 1. The van der Waals surface area contributed by atoms with Gasteiger partial charge in [-0.05, 0) is 116 Å². The van der Waals surface area contributed by atoms with Crippen LogP contribution in [0.4, 0.5) is 0 Å². The number of allylic oxidation sites excluding steroid dienone is 2. The molecule has 0 aliphatic heterocycles. The van der Waals surface area contributed by atoms with Crippen LogP contribution in [0.3, 0.4) is 0 Å². The zero-order valence-electron chi connectivity index (χ0n) is 23.3. The van der Waals surface area contributed by atoms with E-state index in [-0.39, 0.29) is 5.41 Å². The van der Waals surface area contributed by atoms with Gasteiger partial charge in [-0.25, -0.2) is 4.18 Å². The van der Waals surface area contributed by atoms with E-state index in [1.807, 2.05) is 0 Å². The second-order valence-electron chi connectivity index (χ2n) is 13.8. The van der Waals surface area contributed by atoms with E-state index in [4.69, 9.17) is 4.18 Å². The summed E-state index contributed by atoms with van der Waals surface area (Å²) in [5, 5.41) is 0. The normalized spacial score (nSPS) is 43.8. The first-order chi connectivity index (χ1) is 16.1. The molecule has 5 heteroatoms. The Bertz CT molecular complexity index is 969. The summed E-state index contributed by atoms with van der Waals surface area (Å²) < 4.78 is 36.8. The molecule has 0 amide bonds. The van der Waals surface area contributed by atoms with Crippen molar-refractivity contribution < 1.29 is 17.2 Å². The topological polar surface area (TPSA) is 63.6 Å². The standard InChI is InChI=1S/C30H50O4S/c1-19(2)22(5)20(3)17-21(4)25-12-15-30(8)27-10-9-23-18-24(34-35(31,32)33)11-14-28(23,6)26(27)13-16-29(25,30)7/h9,20-22,24-27H,1,10-18H2,2-8H3,(H,31,32,33). The Morgan fingerprint density at radius 2 is 1.74 bits per heavy atom.